The number of rotatable bonds is 13. The van der Waals surface area contributed by atoms with Crippen molar-refractivity contribution in [3.63, 3.8) is 0 Å². The fourth-order valence-electron chi connectivity index (χ4n) is 2.99. The van der Waals surface area contributed by atoms with Crippen molar-refractivity contribution in [2.75, 3.05) is 6.54 Å². The first-order valence-corrected chi connectivity index (χ1v) is 10.3. The number of carboxylic acid groups (broad SMARTS) is 1. The molecule has 2 amide bonds. The van der Waals surface area contributed by atoms with Crippen LogP contribution < -0.4 is 27.8 Å². The minimum atomic E-state index is -1.18. The zero-order chi connectivity index (χ0) is 23.4. The number of carbonyl (C=O) groups excluding carboxylic acids is 2. The number of nitrogens with zero attached hydrogens (tertiary/aromatic N) is 1. The maximum absolute atomic E-state index is 12.9. The molecule has 0 radical (unpaired) electrons. The van der Waals surface area contributed by atoms with Gasteiger partial charge in [-0.15, -0.1) is 0 Å². The Balaban J connectivity index is 2.88. The molecular formula is C21H34N6O4. The van der Waals surface area contributed by atoms with Gasteiger partial charge in [-0.3, -0.25) is 14.6 Å². The minimum absolute atomic E-state index is 0.0840. The summed E-state index contributed by atoms with van der Waals surface area (Å²) in [5, 5.41) is 14.6. The van der Waals surface area contributed by atoms with Crippen molar-refractivity contribution in [2.24, 2.45) is 28.1 Å². The van der Waals surface area contributed by atoms with Crippen LogP contribution in [-0.2, 0) is 20.8 Å². The molecule has 0 bridgehead atoms. The largest absolute Gasteiger partial charge is 0.480 e. The Morgan fingerprint density at radius 3 is 2.19 bits per heavy atom. The van der Waals surface area contributed by atoms with E-state index in [1.165, 1.54) is 0 Å². The molecule has 0 aliphatic heterocycles. The van der Waals surface area contributed by atoms with Crippen LogP contribution in [0.15, 0.2) is 35.3 Å². The Labute approximate surface area is 182 Å². The van der Waals surface area contributed by atoms with Crippen LogP contribution in [-0.4, -0.2) is 53.5 Å². The highest BCUT2D eigenvalue weighted by molar-refractivity contribution is 5.92. The molecule has 1 rings (SSSR count). The van der Waals surface area contributed by atoms with Gasteiger partial charge in [-0.2, -0.15) is 0 Å². The van der Waals surface area contributed by atoms with Crippen molar-refractivity contribution in [3.05, 3.63) is 35.9 Å². The normalized spacial score (nSPS) is 13.7. The quantitative estimate of drug-likeness (QED) is 0.140. The second kappa shape index (κ2) is 13.2. The molecule has 172 valence electrons. The van der Waals surface area contributed by atoms with Gasteiger partial charge in [-0.1, -0.05) is 44.2 Å². The average molecular weight is 435 g/mol. The molecule has 3 unspecified atom stereocenters. The van der Waals surface area contributed by atoms with Crippen molar-refractivity contribution in [3.8, 4) is 0 Å². The highest BCUT2D eigenvalue weighted by Crippen LogP contribution is 2.08. The fraction of sp³-hybridized carbons (Fsp3) is 0.524. The van der Waals surface area contributed by atoms with Crippen LogP contribution in [0.5, 0.6) is 0 Å². The van der Waals surface area contributed by atoms with Gasteiger partial charge in [-0.25, -0.2) is 4.79 Å². The number of hydrogen-bond acceptors (Lipinski definition) is 5. The molecule has 0 spiro atoms. The summed E-state index contributed by atoms with van der Waals surface area (Å²) in [6.45, 7) is 4.14. The molecule has 1 aromatic rings. The van der Waals surface area contributed by atoms with Crippen molar-refractivity contribution in [1.29, 1.82) is 0 Å². The Morgan fingerprint density at radius 2 is 1.65 bits per heavy atom. The Bertz CT molecular complexity index is 749. The van der Waals surface area contributed by atoms with E-state index in [0.717, 1.165) is 5.56 Å². The summed E-state index contributed by atoms with van der Waals surface area (Å²) in [5.41, 5.74) is 17.3. The smallest absolute Gasteiger partial charge is 0.326 e. The highest BCUT2D eigenvalue weighted by atomic mass is 16.4. The number of aliphatic carboxylic acids is 1. The van der Waals surface area contributed by atoms with Crippen LogP contribution in [0.25, 0.3) is 0 Å². The molecule has 0 saturated carbocycles. The van der Waals surface area contributed by atoms with E-state index in [-0.39, 0.29) is 31.3 Å². The predicted molar refractivity (Wildman–Crippen MR) is 119 cm³/mol. The number of carbonyl (C=O) groups is 3. The van der Waals surface area contributed by atoms with Gasteiger partial charge in [0, 0.05) is 13.0 Å². The molecule has 10 nitrogen and oxygen atoms in total. The number of carboxylic acids is 1. The lowest BCUT2D eigenvalue weighted by atomic mass is 10.0. The SMILES string of the molecule is CC(C)CC(N)C(=O)NC(Cc1ccccc1)C(=O)NC(CCCN=C(N)N)C(=O)O. The van der Waals surface area contributed by atoms with E-state index < -0.39 is 35.9 Å². The van der Waals surface area contributed by atoms with Crippen LogP contribution in [0.3, 0.4) is 0 Å². The van der Waals surface area contributed by atoms with Crippen LogP contribution in [0.1, 0.15) is 38.7 Å². The van der Waals surface area contributed by atoms with Gasteiger partial charge in [0.05, 0.1) is 6.04 Å². The summed E-state index contributed by atoms with van der Waals surface area (Å²) in [7, 11) is 0. The lowest BCUT2D eigenvalue weighted by Crippen LogP contribution is -2.55. The average Bonchev–Trinajstić information content (AvgIpc) is 2.69. The fourth-order valence-corrected chi connectivity index (χ4v) is 2.99. The molecule has 0 saturated heterocycles. The Kier molecular flexibility index (Phi) is 11.0. The maximum Gasteiger partial charge on any atom is 0.326 e. The van der Waals surface area contributed by atoms with E-state index in [1.807, 2.05) is 44.2 Å². The van der Waals surface area contributed by atoms with E-state index >= 15 is 0 Å². The number of amides is 2. The maximum atomic E-state index is 12.9. The van der Waals surface area contributed by atoms with Gasteiger partial charge < -0.3 is 32.9 Å². The summed E-state index contributed by atoms with van der Waals surface area (Å²) < 4.78 is 0. The molecule has 3 atom stereocenters. The first kappa shape index (κ1) is 25.9. The molecule has 10 heteroatoms. The van der Waals surface area contributed by atoms with Crippen LogP contribution in [0.4, 0.5) is 0 Å². The van der Waals surface area contributed by atoms with Crippen LogP contribution >= 0.6 is 0 Å². The molecule has 0 fully saturated rings. The van der Waals surface area contributed by atoms with E-state index in [0.29, 0.717) is 12.8 Å². The van der Waals surface area contributed by atoms with Gasteiger partial charge in [0.1, 0.15) is 12.1 Å². The first-order chi connectivity index (χ1) is 14.6. The summed E-state index contributed by atoms with van der Waals surface area (Å²) in [6.07, 6.45) is 1.17. The van der Waals surface area contributed by atoms with Crippen LogP contribution in [0, 0.1) is 5.92 Å². The topological polar surface area (TPSA) is 186 Å². The third kappa shape index (κ3) is 10.4. The van der Waals surface area contributed by atoms with Gasteiger partial charge in [-0.05, 0) is 30.7 Å². The Hall–Kier alpha value is -3.14. The summed E-state index contributed by atoms with van der Waals surface area (Å²) in [4.78, 5) is 40.8. The van der Waals surface area contributed by atoms with Gasteiger partial charge in [0.2, 0.25) is 11.8 Å². The molecule has 0 aromatic heterocycles. The number of aliphatic imine (C=N–C) groups is 1. The lowest BCUT2D eigenvalue weighted by Gasteiger charge is -2.23. The summed E-state index contributed by atoms with van der Waals surface area (Å²) in [5.74, 6) is -2.10. The summed E-state index contributed by atoms with van der Waals surface area (Å²) >= 11 is 0. The van der Waals surface area contributed by atoms with Gasteiger partial charge in [0.15, 0.2) is 5.96 Å². The third-order valence-corrected chi connectivity index (χ3v) is 4.54. The number of nitrogens with one attached hydrogen (secondary N) is 2. The monoisotopic (exact) mass is 434 g/mol. The molecule has 0 heterocycles. The molecule has 9 N–H and O–H groups in total. The second-order valence-electron chi connectivity index (χ2n) is 7.84. The van der Waals surface area contributed by atoms with Gasteiger partial charge in [0.25, 0.3) is 0 Å². The predicted octanol–water partition coefficient (Wildman–Crippen LogP) is -0.290. The van der Waals surface area contributed by atoms with E-state index in [1.54, 1.807) is 0 Å². The molecule has 0 aliphatic carbocycles. The van der Waals surface area contributed by atoms with E-state index in [2.05, 4.69) is 15.6 Å². The van der Waals surface area contributed by atoms with Crippen molar-refractivity contribution in [1.82, 2.24) is 10.6 Å². The molecule has 1 aromatic carbocycles. The van der Waals surface area contributed by atoms with Gasteiger partial charge >= 0.3 is 5.97 Å². The number of nitrogens with two attached hydrogens (primary N) is 3. The minimum Gasteiger partial charge on any atom is -0.480 e. The molecule has 0 aliphatic rings. The first-order valence-electron chi connectivity index (χ1n) is 10.3. The van der Waals surface area contributed by atoms with Crippen LogP contribution in [0.2, 0.25) is 0 Å². The number of guanidine groups is 1. The molecular weight excluding hydrogens is 400 g/mol. The lowest BCUT2D eigenvalue weighted by molar-refractivity contribution is -0.142. The van der Waals surface area contributed by atoms with Crippen molar-refractivity contribution < 1.29 is 19.5 Å². The van der Waals surface area contributed by atoms with E-state index in [4.69, 9.17) is 17.2 Å². The van der Waals surface area contributed by atoms with E-state index in [9.17, 15) is 19.5 Å². The van der Waals surface area contributed by atoms with Crippen molar-refractivity contribution in [2.45, 2.75) is 57.7 Å². The zero-order valence-electron chi connectivity index (χ0n) is 18.1. The Morgan fingerprint density at radius 1 is 1.03 bits per heavy atom. The molecule has 31 heavy (non-hydrogen) atoms. The van der Waals surface area contributed by atoms with Crippen molar-refractivity contribution >= 4 is 23.7 Å². The zero-order valence-corrected chi connectivity index (χ0v) is 18.1. The number of hydrogen-bond donors (Lipinski definition) is 6. The summed E-state index contributed by atoms with van der Waals surface area (Å²) in [6, 6.07) is 6.26. The number of benzene rings is 1. The second-order valence-corrected chi connectivity index (χ2v) is 7.84. The third-order valence-electron chi connectivity index (χ3n) is 4.54. The standard InChI is InChI=1S/C21H34N6O4/c1-13(2)11-15(22)18(28)27-17(12-14-7-4-3-5-8-14)19(29)26-16(20(30)31)9-6-10-25-21(23)24/h3-5,7-8,13,15-17H,6,9-12,22H2,1-2H3,(H,26,29)(H,27,28)(H,30,31)(H4,23,24,25). The highest BCUT2D eigenvalue weighted by Gasteiger charge is 2.28.